The van der Waals surface area contributed by atoms with Crippen LogP contribution < -0.4 is 5.32 Å². The van der Waals surface area contributed by atoms with Gasteiger partial charge in [-0.2, -0.15) is 0 Å². The van der Waals surface area contributed by atoms with Crippen LogP contribution in [0.3, 0.4) is 0 Å². The Morgan fingerprint density at radius 2 is 2.05 bits per heavy atom. The fourth-order valence-corrected chi connectivity index (χ4v) is 2.74. The van der Waals surface area contributed by atoms with Crippen molar-refractivity contribution in [1.82, 2.24) is 4.98 Å². The van der Waals surface area contributed by atoms with Crippen molar-refractivity contribution >= 4 is 11.8 Å². The molecule has 1 heterocycles. The molecule has 1 saturated carbocycles. The number of pyridine rings is 1. The van der Waals surface area contributed by atoms with E-state index in [0.29, 0.717) is 17.4 Å². The van der Waals surface area contributed by atoms with Crippen LogP contribution in [0.15, 0.2) is 18.2 Å². The Morgan fingerprint density at radius 1 is 1.29 bits per heavy atom. The minimum atomic E-state index is -0.311. The number of hydrogen-bond donors (Lipinski definition) is 1. The van der Waals surface area contributed by atoms with Gasteiger partial charge in [-0.1, -0.05) is 19.9 Å². The minimum Gasteiger partial charge on any atom is -0.458 e. The summed E-state index contributed by atoms with van der Waals surface area (Å²) in [4.78, 5) is 16.6. The van der Waals surface area contributed by atoms with Crippen molar-refractivity contribution in [3.05, 3.63) is 23.9 Å². The summed E-state index contributed by atoms with van der Waals surface area (Å²) in [6, 6.07) is 5.69. The van der Waals surface area contributed by atoms with Gasteiger partial charge in [0.25, 0.3) is 0 Å². The van der Waals surface area contributed by atoms with Gasteiger partial charge in [0, 0.05) is 6.04 Å². The van der Waals surface area contributed by atoms with E-state index in [2.05, 4.69) is 24.1 Å². The molecule has 0 aromatic carbocycles. The Hall–Kier alpha value is -1.58. The second kappa shape index (κ2) is 6.92. The highest BCUT2D eigenvalue weighted by Crippen LogP contribution is 2.31. The summed E-state index contributed by atoms with van der Waals surface area (Å²) in [6.07, 6.45) is 3.08. The summed E-state index contributed by atoms with van der Waals surface area (Å²) in [6.45, 7) is 8.58. The molecule has 1 aliphatic rings. The van der Waals surface area contributed by atoms with Crippen molar-refractivity contribution in [3.63, 3.8) is 0 Å². The third kappa shape index (κ3) is 4.45. The van der Waals surface area contributed by atoms with Crippen LogP contribution in [-0.2, 0) is 4.74 Å². The van der Waals surface area contributed by atoms with Crippen LogP contribution in [0.1, 0.15) is 57.4 Å². The number of ether oxygens (including phenoxy) is 1. The highest BCUT2D eigenvalue weighted by atomic mass is 16.5. The molecule has 116 valence electrons. The van der Waals surface area contributed by atoms with E-state index in [1.165, 1.54) is 0 Å². The lowest BCUT2D eigenvalue weighted by molar-refractivity contribution is 0.00819. The van der Waals surface area contributed by atoms with Gasteiger partial charge in [-0.3, -0.25) is 0 Å². The molecule has 21 heavy (non-hydrogen) atoms. The van der Waals surface area contributed by atoms with Crippen molar-refractivity contribution < 1.29 is 9.53 Å². The van der Waals surface area contributed by atoms with Crippen LogP contribution in [0.5, 0.6) is 0 Å². The van der Waals surface area contributed by atoms with E-state index >= 15 is 0 Å². The first kappa shape index (κ1) is 15.8. The smallest absolute Gasteiger partial charge is 0.357 e. The highest BCUT2D eigenvalue weighted by Gasteiger charge is 2.27. The largest absolute Gasteiger partial charge is 0.458 e. The Labute approximate surface area is 127 Å². The van der Waals surface area contributed by atoms with E-state index in [1.54, 1.807) is 6.07 Å². The minimum absolute atomic E-state index is 0.0345. The van der Waals surface area contributed by atoms with Gasteiger partial charge in [-0.15, -0.1) is 0 Å². The van der Waals surface area contributed by atoms with Crippen LogP contribution in [0.25, 0.3) is 0 Å². The molecule has 3 unspecified atom stereocenters. The molecule has 1 fully saturated rings. The Kier molecular flexibility index (Phi) is 5.21. The fourth-order valence-electron chi connectivity index (χ4n) is 2.74. The summed E-state index contributed by atoms with van der Waals surface area (Å²) >= 11 is 0. The van der Waals surface area contributed by atoms with Crippen molar-refractivity contribution in [1.29, 1.82) is 0 Å². The van der Waals surface area contributed by atoms with Crippen LogP contribution in [0.2, 0.25) is 0 Å². The third-order valence-electron chi connectivity index (χ3n) is 4.22. The van der Waals surface area contributed by atoms with Gasteiger partial charge in [0.15, 0.2) is 5.69 Å². The van der Waals surface area contributed by atoms with E-state index in [-0.39, 0.29) is 18.1 Å². The second-order valence-corrected chi connectivity index (χ2v) is 6.50. The fraction of sp³-hybridized carbons (Fsp3) is 0.647. The van der Waals surface area contributed by atoms with Gasteiger partial charge in [-0.05, 0) is 57.1 Å². The number of carbonyl (C=O) groups is 1. The summed E-state index contributed by atoms with van der Waals surface area (Å²) in [7, 11) is 0. The molecule has 0 aliphatic heterocycles. The molecule has 4 nitrogen and oxygen atoms in total. The Bertz CT molecular complexity index is 487. The van der Waals surface area contributed by atoms with Gasteiger partial charge in [0.1, 0.15) is 11.9 Å². The van der Waals surface area contributed by atoms with Crippen LogP contribution in [-0.4, -0.2) is 23.1 Å². The molecule has 0 saturated heterocycles. The number of aromatic nitrogens is 1. The second-order valence-electron chi connectivity index (χ2n) is 6.50. The molecule has 2 rings (SSSR count). The lowest BCUT2D eigenvalue weighted by Crippen LogP contribution is -2.29. The molecule has 3 atom stereocenters. The zero-order valence-electron chi connectivity index (χ0n) is 13.4. The number of hydrogen-bond acceptors (Lipinski definition) is 4. The first-order valence-corrected chi connectivity index (χ1v) is 7.90. The third-order valence-corrected chi connectivity index (χ3v) is 4.22. The Morgan fingerprint density at radius 3 is 2.71 bits per heavy atom. The average Bonchev–Trinajstić information content (AvgIpc) is 2.42. The molecular formula is C17H26N2O2. The predicted octanol–water partition coefficient (Wildman–Crippen LogP) is 3.88. The number of anilines is 1. The van der Waals surface area contributed by atoms with Gasteiger partial charge in [0.05, 0.1) is 0 Å². The summed E-state index contributed by atoms with van der Waals surface area (Å²) < 4.78 is 5.63. The van der Waals surface area contributed by atoms with Crippen molar-refractivity contribution in [3.8, 4) is 0 Å². The first-order chi connectivity index (χ1) is 9.95. The average molecular weight is 290 g/mol. The van der Waals surface area contributed by atoms with Crippen LogP contribution in [0, 0.1) is 11.8 Å². The zero-order valence-corrected chi connectivity index (χ0v) is 13.4. The van der Waals surface area contributed by atoms with E-state index in [0.717, 1.165) is 25.2 Å². The van der Waals surface area contributed by atoms with E-state index < -0.39 is 0 Å². The molecule has 0 radical (unpaired) electrons. The maximum absolute atomic E-state index is 12.2. The van der Waals surface area contributed by atoms with Gasteiger partial charge in [-0.25, -0.2) is 9.78 Å². The maximum Gasteiger partial charge on any atom is 0.357 e. The Balaban J connectivity index is 1.97. The molecule has 0 amide bonds. The quantitative estimate of drug-likeness (QED) is 0.855. The maximum atomic E-state index is 12.2. The first-order valence-electron chi connectivity index (χ1n) is 7.90. The van der Waals surface area contributed by atoms with Crippen molar-refractivity contribution in [2.75, 3.05) is 5.32 Å². The number of nitrogens with zero attached hydrogens (tertiary/aromatic N) is 1. The number of esters is 1. The molecule has 4 heteroatoms. The van der Waals surface area contributed by atoms with Crippen molar-refractivity contribution in [2.24, 2.45) is 11.8 Å². The van der Waals surface area contributed by atoms with Gasteiger partial charge in [0.2, 0.25) is 0 Å². The molecule has 1 aliphatic carbocycles. The topological polar surface area (TPSA) is 51.2 Å². The normalized spacial score (nSPS) is 25.7. The number of carbonyl (C=O) groups excluding carboxylic acids is 1. The molecule has 0 spiro atoms. The number of rotatable bonds is 4. The van der Waals surface area contributed by atoms with E-state index in [4.69, 9.17) is 4.74 Å². The SMILES string of the molecule is CC(C)Nc1cccc(C(=O)OC2CCC(C)C(C)C2)n1. The molecule has 1 aromatic heterocycles. The van der Waals surface area contributed by atoms with Crippen LogP contribution in [0.4, 0.5) is 5.82 Å². The summed E-state index contributed by atoms with van der Waals surface area (Å²) in [5.41, 5.74) is 0.381. The zero-order chi connectivity index (χ0) is 15.4. The lowest BCUT2D eigenvalue weighted by Gasteiger charge is -2.31. The molecule has 1 aromatic rings. The van der Waals surface area contributed by atoms with E-state index in [1.807, 2.05) is 26.0 Å². The summed E-state index contributed by atoms with van der Waals surface area (Å²) in [5.74, 6) is 1.73. The highest BCUT2D eigenvalue weighted by molar-refractivity contribution is 5.87. The predicted molar refractivity (Wildman–Crippen MR) is 84.4 cm³/mol. The van der Waals surface area contributed by atoms with E-state index in [9.17, 15) is 4.79 Å². The van der Waals surface area contributed by atoms with Crippen LogP contribution >= 0.6 is 0 Å². The molecule has 0 bridgehead atoms. The lowest BCUT2D eigenvalue weighted by atomic mass is 9.80. The van der Waals surface area contributed by atoms with Gasteiger partial charge >= 0.3 is 5.97 Å². The standard InChI is InChI=1S/C17H26N2O2/c1-11(2)18-16-7-5-6-15(19-16)17(20)21-14-9-8-12(3)13(4)10-14/h5-7,11-14H,8-10H2,1-4H3,(H,18,19). The number of nitrogens with one attached hydrogen (secondary N) is 1. The summed E-state index contributed by atoms with van der Waals surface area (Å²) in [5, 5.41) is 3.20. The monoisotopic (exact) mass is 290 g/mol. The molecule has 1 N–H and O–H groups in total. The molecular weight excluding hydrogens is 264 g/mol. The van der Waals surface area contributed by atoms with Crippen molar-refractivity contribution in [2.45, 2.75) is 59.1 Å². The van der Waals surface area contributed by atoms with Gasteiger partial charge < -0.3 is 10.1 Å².